The molecule has 0 radical (unpaired) electrons. The second kappa shape index (κ2) is 8.95. The van der Waals surface area contributed by atoms with Crippen LogP contribution < -0.4 is 9.47 Å². The van der Waals surface area contributed by atoms with Crippen LogP contribution in [-0.4, -0.2) is 59.8 Å². The number of ether oxygens (including phenoxy) is 2. The molecule has 2 aromatic carbocycles. The minimum Gasteiger partial charge on any atom is -0.493 e. The van der Waals surface area contributed by atoms with Gasteiger partial charge >= 0.3 is 0 Å². The van der Waals surface area contributed by atoms with Gasteiger partial charge in [0.25, 0.3) is 0 Å². The van der Waals surface area contributed by atoms with Gasteiger partial charge in [-0.3, -0.25) is 4.79 Å². The Labute approximate surface area is 197 Å². The van der Waals surface area contributed by atoms with Gasteiger partial charge in [-0.25, -0.2) is 9.49 Å². The molecule has 1 N–H and O–H groups in total. The number of aromatic nitrogens is 3. The van der Waals surface area contributed by atoms with Gasteiger partial charge in [-0.05, 0) is 55.9 Å². The van der Waals surface area contributed by atoms with E-state index in [0.29, 0.717) is 23.6 Å². The zero-order chi connectivity index (χ0) is 23.8. The van der Waals surface area contributed by atoms with Gasteiger partial charge in [-0.15, -0.1) is 0 Å². The van der Waals surface area contributed by atoms with Gasteiger partial charge in [0.05, 0.1) is 31.4 Å². The van der Waals surface area contributed by atoms with Gasteiger partial charge in [0.15, 0.2) is 5.78 Å². The Bertz CT molecular complexity index is 1360. The second-order valence-electron chi connectivity index (χ2n) is 8.92. The van der Waals surface area contributed by atoms with Crippen molar-refractivity contribution in [3.05, 3.63) is 65.7 Å². The monoisotopic (exact) mass is 462 g/mol. The molecule has 0 unspecified atom stereocenters. The van der Waals surface area contributed by atoms with Gasteiger partial charge in [0.1, 0.15) is 11.6 Å². The summed E-state index contributed by atoms with van der Waals surface area (Å²) in [4.78, 5) is 15.7. The van der Waals surface area contributed by atoms with Crippen molar-refractivity contribution in [3.63, 3.8) is 0 Å². The lowest BCUT2D eigenvalue weighted by atomic mass is 9.89. The number of benzene rings is 2. The Hall–Kier alpha value is -3.65. The van der Waals surface area contributed by atoms with Crippen LogP contribution in [0.4, 0.5) is 4.39 Å². The Morgan fingerprint density at radius 1 is 1.29 bits per heavy atom. The summed E-state index contributed by atoms with van der Waals surface area (Å²) >= 11 is 0. The highest BCUT2D eigenvalue weighted by molar-refractivity contribution is 6.10. The average Bonchev–Trinajstić information content (AvgIpc) is 3.46. The summed E-state index contributed by atoms with van der Waals surface area (Å²) in [6, 6.07) is 10.5. The molecule has 4 aromatic rings. The molecule has 3 heterocycles. The van der Waals surface area contributed by atoms with E-state index in [2.05, 4.69) is 25.7 Å². The summed E-state index contributed by atoms with van der Waals surface area (Å²) in [6.07, 6.45) is 4.13. The van der Waals surface area contributed by atoms with E-state index in [9.17, 15) is 9.18 Å². The van der Waals surface area contributed by atoms with Gasteiger partial charge in [-0.2, -0.15) is 5.10 Å². The SMILES string of the molecule is COc1[nH]ncc1-c1ccc2c(C(=O)[C@H]3COc4ccc(F)cc4C3)cn(CCN(C)C)c2c1. The van der Waals surface area contributed by atoms with E-state index in [1.165, 1.54) is 12.1 Å². The standard InChI is InChI=1S/C26H27FN4O3/c1-30(2)8-9-31-14-22(25(32)18-10-17-11-19(27)5-7-24(17)34-15-18)20-6-4-16(12-23(20)31)21-13-28-29-26(21)33-3/h4-7,11-14,18H,8-10,15H2,1-3H3,(H,28,29)/t18-/m1/s1. The molecule has 8 heteroatoms. The van der Waals surface area contributed by atoms with Crippen LogP contribution in [0.2, 0.25) is 0 Å². The fraction of sp³-hybridized carbons (Fsp3) is 0.308. The molecule has 34 heavy (non-hydrogen) atoms. The van der Waals surface area contributed by atoms with Crippen LogP contribution in [0.1, 0.15) is 15.9 Å². The van der Waals surface area contributed by atoms with Gasteiger partial charge in [0, 0.05) is 35.8 Å². The van der Waals surface area contributed by atoms with Crippen molar-refractivity contribution in [2.24, 2.45) is 5.92 Å². The highest BCUT2D eigenvalue weighted by Crippen LogP contribution is 2.34. The third-order valence-electron chi connectivity index (χ3n) is 6.36. The summed E-state index contributed by atoms with van der Waals surface area (Å²) in [5.41, 5.74) is 4.17. The number of fused-ring (bicyclic) bond motifs is 2. The molecule has 1 aliphatic heterocycles. The zero-order valence-electron chi connectivity index (χ0n) is 19.5. The third-order valence-corrected chi connectivity index (χ3v) is 6.36. The first kappa shape index (κ1) is 22.2. The minimum absolute atomic E-state index is 0.0113. The third kappa shape index (κ3) is 4.05. The molecular formula is C26H27FN4O3. The van der Waals surface area contributed by atoms with Crippen LogP contribution >= 0.6 is 0 Å². The van der Waals surface area contributed by atoms with Crippen molar-refractivity contribution in [1.82, 2.24) is 19.7 Å². The molecule has 1 aliphatic rings. The Morgan fingerprint density at radius 2 is 2.15 bits per heavy atom. The number of nitrogens with zero attached hydrogens (tertiary/aromatic N) is 3. The number of rotatable bonds is 7. The Balaban J connectivity index is 1.53. The normalized spacial score (nSPS) is 15.4. The van der Waals surface area contributed by atoms with Crippen molar-refractivity contribution in [2.45, 2.75) is 13.0 Å². The molecule has 1 atom stereocenters. The molecule has 0 amide bonds. The molecular weight excluding hydrogens is 435 g/mol. The molecule has 0 bridgehead atoms. The lowest BCUT2D eigenvalue weighted by Crippen LogP contribution is -2.28. The number of ketones is 1. The molecule has 0 saturated heterocycles. The van der Waals surface area contributed by atoms with Crippen LogP contribution in [0, 0.1) is 11.7 Å². The van der Waals surface area contributed by atoms with Gasteiger partial charge in [0.2, 0.25) is 5.88 Å². The first-order valence-corrected chi connectivity index (χ1v) is 11.3. The average molecular weight is 463 g/mol. The van der Waals surface area contributed by atoms with E-state index >= 15 is 0 Å². The maximum absolute atomic E-state index is 13.8. The van der Waals surface area contributed by atoms with Gasteiger partial charge < -0.3 is 18.9 Å². The second-order valence-corrected chi connectivity index (χ2v) is 8.92. The fourth-order valence-corrected chi connectivity index (χ4v) is 4.54. The lowest BCUT2D eigenvalue weighted by Gasteiger charge is -2.24. The van der Waals surface area contributed by atoms with E-state index in [-0.39, 0.29) is 24.1 Å². The number of methoxy groups -OCH3 is 1. The number of aromatic amines is 1. The zero-order valence-corrected chi connectivity index (χ0v) is 19.5. The lowest BCUT2D eigenvalue weighted by molar-refractivity contribution is 0.0856. The number of nitrogens with one attached hydrogen (secondary N) is 1. The van der Waals surface area contributed by atoms with Crippen molar-refractivity contribution in [1.29, 1.82) is 0 Å². The summed E-state index contributed by atoms with van der Waals surface area (Å²) in [6.45, 7) is 1.85. The highest BCUT2D eigenvalue weighted by Gasteiger charge is 2.29. The number of Topliss-reactive ketones (excluding diaryl/α,β-unsaturated/α-hetero) is 1. The number of H-pyrrole nitrogens is 1. The van der Waals surface area contributed by atoms with E-state index in [1.54, 1.807) is 19.4 Å². The number of halogens is 1. The number of hydrogen-bond donors (Lipinski definition) is 1. The molecule has 0 saturated carbocycles. The van der Waals surface area contributed by atoms with E-state index < -0.39 is 0 Å². The maximum Gasteiger partial charge on any atom is 0.216 e. The van der Waals surface area contributed by atoms with Crippen LogP contribution in [0.5, 0.6) is 11.6 Å². The molecule has 0 spiro atoms. The largest absolute Gasteiger partial charge is 0.493 e. The van der Waals surface area contributed by atoms with Crippen molar-refractivity contribution in [2.75, 3.05) is 34.4 Å². The summed E-state index contributed by atoms with van der Waals surface area (Å²) in [5.74, 6) is 0.566. The van der Waals surface area contributed by atoms with Gasteiger partial charge in [-0.1, -0.05) is 12.1 Å². The molecule has 0 fully saturated rings. The predicted molar refractivity (Wildman–Crippen MR) is 128 cm³/mol. The predicted octanol–water partition coefficient (Wildman–Crippen LogP) is 4.17. The smallest absolute Gasteiger partial charge is 0.216 e. The topological polar surface area (TPSA) is 72.4 Å². The molecule has 0 aliphatic carbocycles. The number of likely N-dealkylation sites (N-methyl/N-ethyl adjacent to an activating group) is 1. The molecule has 5 rings (SSSR count). The highest BCUT2D eigenvalue weighted by atomic mass is 19.1. The number of carbonyl (C=O) groups is 1. The number of carbonyl (C=O) groups excluding carboxylic acids is 1. The molecule has 7 nitrogen and oxygen atoms in total. The van der Waals surface area contributed by atoms with Crippen molar-refractivity contribution >= 4 is 16.7 Å². The van der Waals surface area contributed by atoms with E-state index in [4.69, 9.17) is 9.47 Å². The summed E-state index contributed by atoms with van der Waals surface area (Å²) in [7, 11) is 5.65. The summed E-state index contributed by atoms with van der Waals surface area (Å²) < 4.78 is 27.1. The Morgan fingerprint density at radius 3 is 2.94 bits per heavy atom. The minimum atomic E-state index is -0.365. The first-order chi connectivity index (χ1) is 16.4. The molecule has 2 aromatic heterocycles. The van der Waals surface area contributed by atoms with Crippen molar-refractivity contribution < 1.29 is 18.7 Å². The van der Waals surface area contributed by atoms with E-state index in [1.807, 2.05) is 32.4 Å². The van der Waals surface area contributed by atoms with Crippen LogP contribution in [0.3, 0.4) is 0 Å². The Kier molecular flexibility index (Phi) is 5.83. The van der Waals surface area contributed by atoms with Crippen LogP contribution in [-0.2, 0) is 13.0 Å². The number of hydrogen-bond acceptors (Lipinski definition) is 5. The first-order valence-electron chi connectivity index (χ1n) is 11.3. The quantitative estimate of drug-likeness (QED) is 0.417. The van der Waals surface area contributed by atoms with Crippen molar-refractivity contribution in [3.8, 4) is 22.8 Å². The summed E-state index contributed by atoms with van der Waals surface area (Å²) in [5, 5.41) is 7.84. The maximum atomic E-state index is 13.8. The van der Waals surface area contributed by atoms with E-state index in [0.717, 1.165) is 40.7 Å². The van der Waals surface area contributed by atoms with Crippen LogP contribution in [0.15, 0.2) is 48.8 Å². The molecule has 176 valence electrons. The fourth-order valence-electron chi connectivity index (χ4n) is 4.54. The van der Waals surface area contributed by atoms with Crippen LogP contribution in [0.25, 0.3) is 22.0 Å².